The maximum Gasteiger partial charge on any atom is 0.190 e. The predicted octanol–water partition coefficient (Wildman–Crippen LogP) is 0.920. The molecule has 1 spiro atoms. The summed E-state index contributed by atoms with van der Waals surface area (Å²) in [4.78, 5) is 0. The summed E-state index contributed by atoms with van der Waals surface area (Å²) in [5, 5.41) is 19.0. The van der Waals surface area contributed by atoms with Crippen LogP contribution in [0.3, 0.4) is 0 Å². The van der Waals surface area contributed by atoms with E-state index in [2.05, 4.69) is 0 Å². The highest BCUT2D eigenvalue weighted by Crippen LogP contribution is 2.45. The zero-order chi connectivity index (χ0) is 12.6. The first-order chi connectivity index (χ1) is 8.74. The summed E-state index contributed by atoms with van der Waals surface area (Å²) >= 11 is 0. The third-order valence-corrected chi connectivity index (χ3v) is 4.24. The van der Waals surface area contributed by atoms with E-state index in [9.17, 15) is 5.11 Å². The molecule has 1 saturated carbocycles. The largest absolute Gasteiger partial charge is 0.396 e. The molecule has 104 valence electrons. The number of fused-ring (bicyclic) bond motifs is 1. The first-order valence-electron chi connectivity index (χ1n) is 7.04. The number of rotatable bonds is 3. The van der Waals surface area contributed by atoms with Crippen molar-refractivity contribution >= 4 is 0 Å². The number of hydrogen-bond donors (Lipinski definition) is 2. The number of aliphatic hydroxyl groups excluding tert-OH is 2. The molecule has 2 N–H and O–H groups in total. The molecule has 0 unspecified atom stereocenters. The first-order valence-corrected chi connectivity index (χ1v) is 7.04. The number of aliphatic hydroxyl groups is 2. The number of hydrogen-bond acceptors (Lipinski definition) is 5. The second kappa shape index (κ2) is 5.06. The third kappa shape index (κ3) is 2.18. The fraction of sp³-hybridized carbons (Fsp3) is 1.00. The van der Waals surface area contributed by atoms with Gasteiger partial charge in [0.05, 0.1) is 6.10 Å². The van der Waals surface area contributed by atoms with Crippen LogP contribution in [-0.4, -0.2) is 47.2 Å². The molecule has 0 aromatic carbocycles. The van der Waals surface area contributed by atoms with E-state index in [1.807, 2.05) is 0 Å². The van der Waals surface area contributed by atoms with Crippen LogP contribution in [0.1, 0.15) is 44.9 Å². The average Bonchev–Trinajstić information content (AvgIpc) is 2.85. The lowest BCUT2D eigenvalue weighted by Gasteiger charge is -2.33. The monoisotopic (exact) mass is 258 g/mol. The van der Waals surface area contributed by atoms with Crippen molar-refractivity contribution in [2.45, 2.75) is 75.3 Å². The van der Waals surface area contributed by atoms with Crippen LogP contribution >= 0.6 is 0 Å². The normalized spacial score (nSPS) is 42.3. The quantitative estimate of drug-likeness (QED) is 0.788. The molecule has 2 aliphatic heterocycles. The van der Waals surface area contributed by atoms with Crippen molar-refractivity contribution in [3.63, 3.8) is 0 Å². The van der Waals surface area contributed by atoms with Gasteiger partial charge in [-0.1, -0.05) is 6.42 Å². The standard InChI is InChI=1S/C13H22O5/c14-8-4-5-9-10(15)11-12(16-9)18-13(17-11)6-2-1-3-7-13/h9-12,14-15H,1-8H2/t9-,10+,11-,12-/m1/s1. The fourth-order valence-corrected chi connectivity index (χ4v) is 3.27. The molecule has 4 atom stereocenters. The second-order valence-corrected chi connectivity index (χ2v) is 5.57. The SMILES string of the molecule is OCCC[C@H]1O[C@@H]2OC3(CCCCC3)O[C@@H]2[C@H]1O. The summed E-state index contributed by atoms with van der Waals surface area (Å²) in [7, 11) is 0. The van der Waals surface area contributed by atoms with Gasteiger partial charge in [-0.25, -0.2) is 0 Å². The van der Waals surface area contributed by atoms with Crippen LogP contribution < -0.4 is 0 Å². The maximum atomic E-state index is 10.2. The molecule has 3 fully saturated rings. The molecule has 5 heteroatoms. The van der Waals surface area contributed by atoms with Gasteiger partial charge in [-0.15, -0.1) is 0 Å². The van der Waals surface area contributed by atoms with Crippen molar-refractivity contribution < 1.29 is 24.4 Å². The first kappa shape index (κ1) is 12.8. The molecule has 3 aliphatic rings. The fourth-order valence-electron chi connectivity index (χ4n) is 3.27. The van der Waals surface area contributed by atoms with Crippen molar-refractivity contribution in [2.24, 2.45) is 0 Å². The summed E-state index contributed by atoms with van der Waals surface area (Å²) in [6.07, 6.45) is 4.84. The van der Waals surface area contributed by atoms with Gasteiger partial charge in [-0.2, -0.15) is 0 Å². The predicted molar refractivity (Wildman–Crippen MR) is 62.8 cm³/mol. The molecule has 5 nitrogen and oxygen atoms in total. The Kier molecular flexibility index (Phi) is 3.60. The van der Waals surface area contributed by atoms with E-state index >= 15 is 0 Å². The second-order valence-electron chi connectivity index (χ2n) is 5.57. The van der Waals surface area contributed by atoms with Gasteiger partial charge in [0.2, 0.25) is 0 Å². The Bertz CT molecular complexity index is 289. The topological polar surface area (TPSA) is 68.2 Å². The molecule has 1 aliphatic carbocycles. The molecule has 0 amide bonds. The molecule has 18 heavy (non-hydrogen) atoms. The maximum absolute atomic E-state index is 10.2. The minimum absolute atomic E-state index is 0.119. The van der Waals surface area contributed by atoms with Crippen molar-refractivity contribution in [1.82, 2.24) is 0 Å². The van der Waals surface area contributed by atoms with Crippen molar-refractivity contribution in [3.8, 4) is 0 Å². The van der Waals surface area contributed by atoms with Gasteiger partial charge in [0.1, 0.15) is 12.2 Å². The van der Waals surface area contributed by atoms with Gasteiger partial charge in [-0.05, 0) is 25.7 Å². The molecule has 0 bridgehead atoms. The Labute approximate surface area is 107 Å². The summed E-state index contributed by atoms with van der Waals surface area (Å²) < 4.78 is 17.6. The van der Waals surface area contributed by atoms with Crippen LogP contribution in [0.15, 0.2) is 0 Å². The lowest BCUT2D eigenvalue weighted by Crippen LogP contribution is -2.38. The summed E-state index contributed by atoms with van der Waals surface area (Å²) in [6, 6.07) is 0. The van der Waals surface area contributed by atoms with Crippen molar-refractivity contribution in [3.05, 3.63) is 0 Å². The lowest BCUT2D eigenvalue weighted by atomic mass is 9.94. The Morgan fingerprint density at radius 2 is 1.89 bits per heavy atom. The zero-order valence-corrected chi connectivity index (χ0v) is 10.6. The van der Waals surface area contributed by atoms with Gasteiger partial charge >= 0.3 is 0 Å². The molecular weight excluding hydrogens is 236 g/mol. The Balaban J connectivity index is 1.61. The van der Waals surface area contributed by atoms with Crippen LogP contribution in [-0.2, 0) is 14.2 Å². The van der Waals surface area contributed by atoms with E-state index in [1.54, 1.807) is 0 Å². The minimum Gasteiger partial charge on any atom is -0.396 e. The van der Waals surface area contributed by atoms with Crippen LogP contribution in [0, 0.1) is 0 Å². The van der Waals surface area contributed by atoms with Crippen molar-refractivity contribution in [1.29, 1.82) is 0 Å². The summed E-state index contributed by atoms with van der Waals surface area (Å²) in [6.45, 7) is 0.119. The van der Waals surface area contributed by atoms with Crippen LogP contribution in [0.2, 0.25) is 0 Å². The van der Waals surface area contributed by atoms with E-state index in [-0.39, 0.29) is 18.8 Å². The molecule has 0 aromatic heterocycles. The smallest absolute Gasteiger partial charge is 0.190 e. The van der Waals surface area contributed by atoms with Crippen LogP contribution in [0.25, 0.3) is 0 Å². The van der Waals surface area contributed by atoms with Gasteiger partial charge < -0.3 is 24.4 Å². The molecule has 3 rings (SSSR count). The molecule has 2 saturated heterocycles. The lowest BCUT2D eigenvalue weighted by molar-refractivity contribution is -0.246. The van der Waals surface area contributed by atoms with Gasteiger partial charge in [0.25, 0.3) is 0 Å². The zero-order valence-electron chi connectivity index (χ0n) is 10.6. The van der Waals surface area contributed by atoms with Crippen LogP contribution in [0.5, 0.6) is 0 Å². The molecular formula is C13H22O5. The Morgan fingerprint density at radius 3 is 2.56 bits per heavy atom. The molecule has 0 aromatic rings. The molecule has 2 heterocycles. The highest BCUT2D eigenvalue weighted by Gasteiger charge is 2.57. The van der Waals surface area contributed by atoms with E-state index in [4.69, 9.17) is 19.3 Å². The van der Waals surface area contributed by atoms with Crippen LogP contribution in [0.4, 0.5) is 0 Å². The van der Waals surface area contributed by atoms with E-state index < -0.39 is 18.2 Å². The third-order valence-electron chi connectivity index (χ3n) is 4.24. The highest BCUT2D eigenvalue weighted by molar-refractivity contribution is 4.95. The van der Waals surface area contributed by atoms with E-state index in [0.29, 0.717) is 12.8 Å². The van der Waals surface area contributed by atoms with Crippen molar-refractivity contribution in [2.75, 3.05) is 6.61 Å². The van der Waals surface area contributed by atoms with Gasteiger partial charge in [0.15, 0.2) is 12.1 Å². The average molecular weight is 258 g/mol. The highest BCUT2D eigenvalue weighted by atomic mass is 16.8. The van der Waals surface area contributed by atoms with Gasteiger partial charge in [-0.3, -0.25) is 0 Å². The number of ether oxygens (including phenoxy) is 3. The Morgan fingerprint density at radius 1 is 1.11 bits per heavy atom. The van der Waals surface area contributed by atoms with E-state index in [0.717, 1.165) is 25.7 Å². The molecule has 0 radical (unpaired) electrons. The summed E-state index contributed by atoms with van der Waals surface area (Å²) in [5.41, 5.74) is 0. The minimum atomic E-state index is -0.636. The summed E-state index contributed by atoms with van der Waals surface area (Å²) in [5.74, 6) is -0.503. The van der Waals surface area contributed by atoms with Gasteiger partial charge in [0, 0.05) is 19.4 Å². The van der Waals surface area contributed by atoms with E-state index in [1.165, 1.54) is 6.42 Å². The Hall–Kier alpha value is -0.200.